The van der Waals surface area contributed by atoms with Gasteiger partial charge in [-0.2, -0.15) is 0 Å². The van der Waals surface area contributed by atoms with Crippen LogP contribution in [0.25, 0.3) is 0 Å². The molecule has 0 aliphatic heterocycles. The summed E-state index contributed by atoms with van der Waals surface area (Å²) >= 11 is 3.50. The van der Waals surface area contributed by atoms with Crippen LogP contribution in [0.3, 0.4) is 0 Å². The van der Waals surface area contributed by atoms with E-state index in [-0.39, 0.29) is 6.10 Å². The van der Waals surface area contributed by atoms with Crippen molar-refractivity contribution >= 4 is 15.9 Å². The molecule has 0 spiro atoms. The molecule has 0 unspecified atom stereocenters. The zero-order chi connectivity index (χ0) is 12.8. The van der Waals surface area contributed by atoms with Crippen molar-refractivity contribution in [1.82, 2.24) is 0 Å². The smallest absolute Gasteiger partial charge is 0.162 e. The van der Waals surface area contributed by atoms with Gasteiger partial charge in [0.05, 0.1) is 19.8 Å². The first kappa shape index (κ1) is 14.3. The molecule has 1 aromatic carbocycles. The van der Waals surface area contributed by atoms with Crippen molar-refractivity contribution in [1.29, 1.82) is 0 Å². The summed E-state index contributed by atoms with van der Waals surface area (Å²) in [6.07, 6.45) is 0.823. The second-order valence-corrected chi connectivity index (χ2v) is 4.74. The van der Waals surface area contributed by atoms with Gasteiger partial charge in [-0.3, -0.25) is 0 Å². The van der Waals surface area contributed by atoms with Gasteiger partial charge in [0.2, 0.25) is 0 Å². The van der Waals surface area contributed by atoms with Gasteiger partial charge < -0.3 is 14.3 Å². The molecule has 0 bridgehead atoms. The molecule has 0 atom stereocenters. The van der Waals surface area contributed by atoms with Gasteiger partial charge >= 0.3 is 0 Å². The molecule has 1 rings (SSSR count). The van der Waals surface area contributed by atoms with Gasteiger partial charge in [0.15, 0.2) is 11.5 Å². The van der Waals surface area contributed by atoms with Gasteiger partial charge in [0.1, 0.15) is 0 Å². The minimum absolute atomic E-state index is 0.106. The van der Waals surface area contributed by atoms with Gasteiger partial charge in [-0.05, 0) is 38.0 Å². The molecule has 17 heavy (non-hydrogen) atoms. The van der Waals surface area contributed by atoms with Crippen molar-refractivity contribution < 1.29 is 14.3 Å². The Morgan fingerprint density at radius 2 is 2.00 bits per heavy atom. The predicted octanol–water partition coefficient (Wildman–Crippen LogP) is 2.68. The number of benzene rings is 1. The molecule has 2 N–H and O–H groups in total. The van der Waals surface area contributed by atoms with Crippen molar-refractivity contribution in [2.45, 2.75) is 26.4 Å². The number of hydrogen-bond acceptors (Lipinski definition) is 4. The molecule has 5 heteroatoms. The number of ether oxygens (including phenoxy) is 2. The Balaban J connectivity index is 2.97. The lowest BCUT2D eigenvalue weighted by molar-refractivity contribution is 0.141. The number of methoxy groups -OCH3 is 1. The molecule has 0 saturated carbocycles. The largest absolute Gasteiger partial charge is 0.493 e. The topological polar surface area (TPSA) is 53.7 Å². The predicted molar refractivity (Wildman–Crippen MR) is 70.3 cm³/mol. The number of rotatable bonds is 6. The van der Waals surface area contributed by atoms with Crippen molar-refractivity contribution in [3.63, 3.8) is 0 Å². The Bertz CT molecular complexity index is 369. The Labute approximate surface area is 110 Å². The Morgan fingerprint density at radius 3 is 2.53 bits per heavy atom. The van der Waals surface area contributed by atoms with Crippen LogP contribution in [-0.4, -0.2) is 19.8 Å². The molecule has 96 valence electrons. The number of nitrogens with two attached hydrogens (primary N) is 1. The van der Waals surface area contributed by atoms with Crippen LogP contribution in [0.4, 0.5) is 0 Å². The fourth-order valence-corrected chi connectivity index (χ4v) is 1.96. The Kier molecular flexibility index (Phi) is 5.74. The zero-order valence-electron chi connectivity index (χ0n) is 10.3. The van der Waals surface area contributed by atoms with Crippen molar-refractivity contribution in [2.75, 3.05) is 13.7 Å². The third-order valence-electron chi connectivity index (χ3n) is 2.18. The maximum Gasteiger partial charge on any atom is 0.162 e. The summed E-state index contributed by atoms with van der Waals surface area (Å²) in [5.74, 6) is 6.47. The second-order valence-electron chi connectivity index (χ2n) is 3.88. The van der Waals surface area contributed by atoms with Crippen molar-refractivity contribution in [3.8, 4) is 11.5 Å². The highest BCUT2D eigenvalue weighted by Gasteiger charge is 2.11. The van der Waals surface area contributed by atoms with Crippen LogP contribution in [0, 0.1) is 0 Å². The summed E-state index contributed by atoms with van der Waals surface area (Å²) < 4.78 is 11.9. The van der Waals surface area contributed by atoms with E-state index in [2.05, 4.69) is 20.8 Å². The van der Waals surface area contributed by atoms with Crippen molar-refractivity contribution in [2.24, 2.45) is 5.90 Å². The minimum Gasteiger partial charge on any atom is -0.493 e. The normalized spacial score (nSPS) is 10.7. The van der Waals surface area contributed by atoms with Crippen LogP contribution in [-0.2, 0) is 11.3 Å². The third-order valence-corrected chi connectivity index (χ3v) is 2.92. The van der Waals surface area contributed by atoms with E-state index in [1.807, 2.05) is 26.0 Å². The average Bonchev–Trinajstić information content (AvgIpc) is 2.27. The SMILES string of the molecule is COc1cc(CCON)c(Br)cc1OC(C)C. The fourth-order valence-electron chi connectivity index (χ4n) is 1.44. The summed E-state index contributed by atoms with van der Waals surface area (Å²) in [5.41, 5.74) is 1.07. The Morgan fingerprint density at radius 1 is 1.29 bits per heavy atom. The summed E-state index contributed by atoms with van der Waals surface area (Å²) in [4.78, 5) is 4.58. The molecule has 1 aromatic rings. The zero-order valence-corrected chi connectivity index (χ0v) is 11.9. The van der Waals surface area contributed by atoms with Crippen LogP contribution in [0.1, 0.15) is 19.4 Å². The van der Waals surface area contributed by atoms with E-state index in [0.29, 0.717) is 12.4 Å². The van der Waals surface area contributed by atoms with Gasteiger partial charge in [-0.25, -0.2) is 5.90 Å². The highest BCUT2D eigenvalue weighted by atomic mass is 79.9. The third kappa shape index (κ3) is 4.18. The van der Waals surface area contributed by atoms with Crippen LogP contribution < -0.4 is 15.4 Å². The van der Waals surface area contributed by atoms with Gasteiger partial charge in [-0.1, -0.05) is 15.9 Å². The first-order valence-corrected chi connectivity index (χ1v) is 6.22. The quantitative estimate of drug-likeness (QED) is 0.821. The molecular formula is C12H18BrNO3. The first-order chi connectivity index (χ1) is 8.08. The summed E-state index contributed by atoms with van der Waals surface area (Å²) in [6, 6.07) is 3.84. The summed E-state index contributed by atoms with van der Waals surface area (Å²) in [6.45, 7) is 4.42. The van der Waals surface area contributed by atoms with E-state index in [1.54, 1.807) is 7.11 Å². The second kappa shape index (κ2) is 6.83. The monoisotopic (exact) mass is 303 g/mol. The van der Waals surface area contributed by atoms with E-state index >= 15 is 0 Å². The van der Waals surface area contributed by atoms with Gasteiger partial charge in [-0.15, -0.1) is 0 Å². The number of halogens is 1. The number of hydrogen-bond donors (Lipinski definition) is 1. The van der Waals surface area contributed by atoms with E-state index in [0.717, 1.165) is 22.2 Å². The first-order valence-electron chi connectivity index (χ1n) is 5.43. The standard InChI is InChI=1S/C12H18BrNO3/c1-8(2)17-12-7-10(13)9(4-5-16-14)6-11(12)15-3/h6-8H,4-5,14H2,1-3H3. The molecule has 0 amide bonds. The highest BCUT2D eigenvalue weighted by molar-refractivity contribution is 9.10. The van der Waals surface area contributed by atoms with E-state index < -0.39 is 0 Å². The Hall–Kier alpha value is -0.780. The molecule has 4 nitrogen and oxygen atoms in total. The fraction of sp³-hybridized carbons (Fsp3) is 0.500. The lowest BCUT2D eigenvalue weighted by Gasteiger charge is -2.15. The van der Waals surface area contributed by atoms with Gasteiger partial charge in [0.25, 0.3) is 0 Å². The molecular weight excluding hydrogens is 286 g/mol. The maximum atomic E-state index is 5.67. The average molecular weight is 304 g/mol. The lowest BCUT2D eigenvalue weighted by Crippen LogP contribution is -2.08. The lowest BCUT2D eigenvalue weighted by atomic mass is 10.1. The van der Waals surface area contributed by atoms with E-state index in [4.69, 9.17) is 15.4 Å². The van der Waals surface area contributed by atoms with Crippen molar-refractivity contribution in [3.05, 3.63) is 22.2 Å². The minimum atomic E-state index is 0.106. The molecule has 0 aliphatic carbocycles. The molecule has 0 radical (unpaired) electrons. The van der Waals surface area contributed by atoms with E-state index in [9.17, 15) is 0 Å². The van der Waals surface area contributed by atoms with Gasteiger partial charge in [0, 0.05) is 4.47 Å². The molecule has 0 aliphatic rings. The van der Waals surface area contributed by atoms with Crippen LogP contribution in [0.2, 0.25) is 0 Å². The maximum absolute atomic E-state index is 5.67. The molecule has 0 heterocycles. The molecule has 0 aromatic heterocycles. The van der Waals surface area contributed by atoms with Crippen LogP contribution >= 0.6 is 15.9 Å². The van der Waals surface area contributed by atoms with Crippen LogP contribution in [0.15, 0.2) is 16.6 Å². The van der Waals surface area contributed by atoms with E-state index in [1.165, 1.54) is 0 Å². The summed E-state index contributed by atoms with van der Waals surface area (Å²) in [7, 11) is 1.62. The van der Waals surface area contributed by atoms with Crippen LogP contribution in [0.5, 0.6) is 11.5 Å². The molecule has 0 saturated heterocycles. The highest BCUT2D eigenvalue weighted by Crippen LogP contribution is 2.34. The summed E-state index contributed by atoms with van der Waals surface area (Å²) in [5, 5.41) is 0. The molecule has 0 fully saturated rings.